The molecule has 9 heteroatoms. The summed E-state index contributed by atoms with van der Waals surface area (Å²) in [5, 5.41) is 1.67. The predicted molar refractivity (Wildman–Crippen MR) is 111 cm³/mol. The van der Waals surface area contributed by atoms with Crippen LogP contribution in [-0.4, -0.2) is 66.1 Å². The maximum atomic E-state index is 12.9. The molecule has 0 bridgehead atoms. The van der Waals surface area contributed by atoms with Crippen molar-refractivity contribution in [1.29, 1.82) is 0 Å². The van der Waals surface area contributed by atoms with Crippen LogP contribution in [0.15, 0.2) is 46.7 Å². The van der Waals surface area contributed by atoms with E-state index in [0.717, 1.165) is 12.1 Å². The second-order valence-corrected chi connectivity index (χ2v) is 8.90. The highest BCUT2D eigenvalue weighted by Crippen LogP contribution is 2.33. The number of carbonyl (C=O) groups excluding carboxylic acids is 2. The van der Waals surface area contributed by atoms with Gasteiger partial charge in [-0.05, 0) is 30.0 Å². The average molecular weight is 438 g/mol. The van der Waals surface area contributed by atoms with Crippen molar-refractivity contribution in [2.75, 3.05) is 37.6 Å². The second-order valence-electron chi connectivity index (χ2n) is 6.95. The number of anilines is 1. The molecule has 2 saturated heterocycles. The van der Waals surface area contributed by atoms with Crippen molar-refractivity contribution in [2.45, 2.75) is 23.1 Å². The normalized spacial score (nSPS) is 20.7. The molecule has 0 aliphatic carbocycles. The Labute approximate surface area is 176 Å². The third kappa shape index (κ3) is 4.31. The van der Waals surface area contributed by atoms with Crippen LogP contribution in [0.25, 0.3) is 0 Å². The largest absolute Gasteiger partial charge is 0.335 e. The molecule has 2 amide bonds. The van der Waals surface area contributed by atoms with Crippen molar-refractivity contribution >= 4 is 40.6 Å². The third-order valence-corrected chi connectivity index (χ3v) is 7.13. The lowest BCUT2D eigenvalue weighted by atomic mass is 10.1. The number of hydrogen-bond acceptors (Lipinski definition) is 5. The van der Waals surface area contributed by atoms with Gasteiger partial charge in [0.05, 0.1) is 6.04 Å². The van der Waals surface area contributed by atoms with Crippen LogP contribution in [-0.2, 0) is 4.79 Å². The fourth-order valence-corrected chi connectivity index (χ4v) is 5.55. The minimum absolute atomic E-state index is 0.102. The van der Waals surface area contributed by atoms with E-state index in [1.165, 1.54) is 11.3 Å². The highest BCUT2D eigenvalue weighted by atomic mass is 32.2. The van der Waals surface area contributed by atoms with E-state index in [2.05, 4.69) is 4.90 Å². The first-order valence-corrected chi connectivity index (χ1v) is 11.2. The number of para-hydroxylation sites is 1. The molecular weight excluding hydrogens is 416 g/mol. The van der Waals surface area contributed by atoms with Gasteiger partial charge in [0.2, 0.25) is 5.91 Å². The zero-order valence-electron chi connectivity index (χ0n) is 15.7. The van der Waals surface area contributed by atoms with Crippen LogP contribution < -0.4 is 4.90 Å². The van der Waals surface area contributed by atoms with Gasteiger partial charge in [0.15, 0.2) is 0 Å². The predicted octanol–water partition coefficient (Wildman–Crippen LogP) is 3.63. The molecule has 0 radical (unpaired) electrons. The number of thioether (sulfide) groups is 1. The van der Waals surface area contributed by atoms with Crippen molar-refractivity contribution in [1.82, 2.24) is 9.80 Å². The van der Waals surface area contributed by atoms with Gasteiger partial charge in [-0.15, -0.1) is 11.3 Å². The first-order chi connectivity index (χ1) is 14.0. The number of amides is 2. The molecule has 4 rings (SSSR count). The molecule has 0 spiro atoms. The van der Waals surface area contributed by atoms with Gasteiger partial charge >= 0.3 is 0 Å². The molecule has 0 N–H and O–H groups in total. The molecule has 0 saturated carbocycles. The van der Waals surface area contributed by atoms with Crippen LogP contribution in [0.2, 0.25) is 0 Å². The Morgan fingerprint density at radius 1 is 1.07 bits per heavy atom. The summed E-state index contributed by atoms with van der Waals surface area (Å²) in [4.78, 5) is 32.0. The fraction of sp³-hybridized carbons (Fsp3) is 0.400. The van der Waals surface area contributed by atoms with E-state index in [9.17, 15) is 18.4 Å². The van der Waals surface area contributed by atoms with Gasteiger partial charge in [-0.3, -0.25) is 14.5 Å². The highest BCUT2D eigenvalue weighted by Gasteiger charge is 2.38. The molecule has 5 nitrogen and oxygen atoms in total. The molecule has 1 aromatic carbocycles. The molecule has 3 heterocycles. The van der Waals surface area contributed by atoms with Gasteiger partial charge in [0.1, 0.15) is 4.88 Å². The van der Waals surface area contributed by atoms with E-state index in [1.54, 1.807) is 16.3 Å². The molecule has 2 fully saturated rings. The third-order valence-electron chi connectivity index (χ3n) is 5.33. The molecule has 1 atom stereocenters. The topological polar surface area (TPSA) is 43.9 Å². The van der Waals surface area contributed by atoms with Crippen molar-refractivity contribution in [3.63, 3.8) is 0 Å². The Morgan fingerprint density at radius 3 is 2.48 bits per heavy atom. The molecule has 2 aromatic rings. The summed E-state index contributed by atoms with van der Waals surface area (Å²) in [6.45, 7) is 2.88. The Bertz CT molecular complexity index is 870. The van der Waals surface area contributed by atoms with Crippen LogP contribution in [0, 0.1) is 0 Å². The number of halogens is 2. The zero-order chi connectivity index (χ0) is 20.4. The van der Waals surface area contributed by atoms with E-state index in [-0.39, 0.29) is 17.9 Å². The Balaban J connectivity index is 1.36. The maximum Gasteiger partial charge on any atom is 0.288 e. The smallest absolute Gasteiger partial charge is 0.288 e. The summed E-state index contributed by atoms with van der Waals surface area (Å²) < 4.78 is 25.4. The van der Waals surface area contributed by atoms with Crippen molar-refractivity contribution in [3.8, 4) is 0 Å². The molecule has 2 aliphatic heterocycles. The van der Waals surface area contributed by atoms with Gasteiger partial charge in [-0.25, -0.2) is 0 Å². The summed E-state index contributed by atoms with van der Waals surface area (Å²) in [6.07, 6.45) is 0.766. The zero-order valence-corrected chi connectivity index (χ0v) is 17.3. The number of hydrogen-bond donors (Lipinski definition) is 0. The van der Waals surface area contributed by atoms with Crippen molar-refractivity contribution < 1.29 is 18.4 Å². The number of rotatable bonds is 5. The van der Waals surface area contributed by atoms with Gasteiger partial charge in [0, 0.05) is 43.3 Å². The van der Waals surface area contributed by atoms with Gasteiger partial charge in [-0.1, -0.05) is 30.0 Å². The van der Waals surface area contributed by atoms with Crippen LogP contribution in [0.4, 0.5) is 14.5 Å². The minimum atomic E-state index is -2.55. The lowest BCUT2D eigenvalue weighted by molar-refractivity contribution is -0.122. The summed E-state index contributed by atoms with van der Waals surface area (Å²) in [5.74, 6) is -2.65. The quantitative estimate of drug-likeness (QED) is 0.670. The van der Waals surface area contributed by atoms with Crippen LogP contribution in [0.5, 0.6) is 0 Å². The standard InChI is InChI=1S/C20H21F2N3O2S2/c21-20(22)29-16-7-13-28-17(16)19(27)24-11-9-23(10-12-24)15-6-8-25(18(15)26)14-4-2-1-3-5-14/h1-5,7,13,15,20H,6,8-12H2. The molecule has 2 aliphatic rings. The Morgan fingerprint density at radius 2 is 1.79 bits per heavy atom. The van der Waals surface area contributed by atoms with Gasteiger partial charge in [-0.2, -0.15) is 8.78 Å². The monoisotopic (exact) mass is 437 g/mol. The van der Waals surface area contributed by atoms with Crippen LogP contribution in [0.3, 0.4) is 0 Å². The second kappa shape index (κ2) is 8.81. The number of piperazine rings is 1. The summed E-state index contributed by atoms with van der Waals surface area (Å²) in [5.41, 5.74) is 0.913. The summed E-state index contributed by atoms with van der Waals surface area (Å²) in [6, 6.07) is 11.0. The number of thiophene rings is 1. The Hall–Kier alpha value is -1.97. The minimum Gasteiger partial charge on any atom is -0.335 e. The van der Waals surface area contributed by atoms with E-state index < -0.39 is 5.76 Å². The van der Waals surface area contributed by atoms with Gasteiger partial charge < -0.3 is 9.80 Å². The van der Waals surface area contributed by atoms with E-state index >= 15 is 0 Å². The summed E-state index contributed by atoms with van der Waals surface area (Å²) >= 11 is 1.61. The maximum absolute atomic E-state index is 12.9. The number of nitrogens with zero attached hydrogens (tertiary/aromatic N) is 3. The molecular formula is C20H21F2N3O2S2. The molecule has 154 valence electrons. The average Bonchev–Trinajstić information content (AvgIpc) is 3.34. The molecule has 1 unspecified atom stereocenters. The van der Waals surface area contributed by atoms with E-state index in [1.807, 2.05) is 35.2 Å². The van der Waals surface area contributed by atoms with E-state index in [0.29, 0.717) is 54.3 Å². The van der Waals surface area contributed by atoms with Crippen molar-refractivity contribution in [2.24, 2.45) is 0 Å². The lowest BCUT2D eigenvalue weighted by Gasteiger charge is -2.37. The first-order valence-electron chi connectivity index (χ1n) is 9.46. The number of carbonyl (C=O) groups is 2. The van der Waals surface area contributed by atoms with Gasteiger partial charge in [0.25, 0.3) is 11.7 Å². The fourth-order valence-electron chi connectivity index (χ4n) is 3.89. The first kappa shape index (κ1) is 20.3. The number of benzene rings is 1. The van der Waals surface area contributed by atoms with Crippen molar-refractivity contribution in [3.05, 3.63) is 46.7 Å². The SMILES string of the molecule is O=C(c1sccc1SC(F)F)N1CCN(C2CCN(c3ccccc3)C2=O)CC1. The number of alkyl halides is 2. The molecule has 29 heavy (non-hydrogen) atoms. The van der Waals surface area contributed by atoms with Crippen LogP contribution in [0.1, 0.15) is 16.1 Å². The highest BCUT2D eigenvalue weighted by molar-refractivity contribution is 7.99. The molecule has 1 aromatic heterocycles. The summed E-state index contributed by atoms with van der Waals surface area (Å²) in [7, 11) is 0. The van der Waals surface area contributed by atoms with Crippen LogP contribution >= 0.6 is 23.1 Å². The Kier molecular flexibility index (Phi) is 6.17. The van der Waals surface area contributed by atoms with E-state index in [4.69, 9.17) is 0 Å². The lowest BCUT2D eigenvalue weighted by Crippen LogP contribution is -2.53.